The van der Waals surface area contributed by atoms with E-state index in [9.17, 15) is 0 Å². The minimum absolute atomic E-state index is 0.681. The summed E-state index contributed by atoms with van der Waals surface area (Å²) >= 11 is 0. The molecule has 28 heavy (non-hydrogen) atoms. The molecule has 2 rings (SSSR count). The van der Waals surface area contributed by atoms with Crippen molar-refractivity contribution in [3.8, 4) is 11.5 Å². The maximum atomic E-state index is 5.84. The highest BCUT2D eigenvalue weighted by molar-refractivity contribution is 5.82. The molecule has 0 aliphatic carbocycles. The van der Waals surface area contributed by atoms with Crippen LogP contribution >= 0.6 is 0 Å². The van der Waals surface area contributed by atoms with E-state index in [-0.39, 0.29) is 0 Å². The van der Waals surface area contributed by atoms with Crippen LogP contribution in [0.3, 0.4) is 0 Å². The first kappa shape index (κ1) is 22.0. The Morgan fingerprint density at radius 3 is 1.89 bits per heavy atom. The SMILES string of the molecule is CCCCCCCCCCOc1ccc(N=Cc2ccc(OCC)cc2)cc1. The number of hydrogen-bond acceptors (Lipinski definition) is 3. The van der Waals surface area contributed by atoms with E-state index in [1.54, 1.807) is 0 Å². The van der Waals surface area contributed by atoms with Crippen LogP contribution in [0, 0.1) is 0 Å². The van der Waals surface area contributed by atoms with Crippen LogP contribution in [0.5, 0.6) is 11.5 Å². The summed E-state index contributed by atoms with van der Waals surface area (Å²) in [6, 6.07) is 15.9. The fourth-order valence-electron chi connectivity index (χ4n) is 3.02. The molecule has 0 atom stereocenters. The first-order chi connectivity index (χ1) is 13.8. The number of nitrogens with zero attached hydrogens (tertiary/aromatic N) is 1. The van der Waals surface area contributed by atoms with Crippen molar-refractivity contribution in [2.75, 3.05) is 13.2 Å². The van der Waals surface area contributed by atoms with Crippen molar-refractivity contribution in [2.45, 2.75) is 65.2 Å². The normalized spacial score (nSPS) is 11.1. The van der Waals surface area contributed by atoms with Crippen LogP contribution in [0.1, 0.15) is 70.8 Å². The minimum atomic E-state index is 0.681. The predicted octanol–water partition coefficient (Wildman–Crippen LogP) is 7.36. The van der Waals surface area contributed by atoms with E-state index in [0.717, 1.165) is 35.8 Å². The molecule has 0 aliphatic rings. The van der Waals surface area contributed by atoms with Crippen LogP contribution in [-0.2, 0) is 0 Å². The van der Waals surface area contributed by atoms with E-state index in [1.165, 1.54) is 44.9 Å². The van der Waals surface area contributed by atoms with Gasteiger partial charge in [0.2, 0.25) is 0 Å². The third kappa shape index (κ3) is 9.07. The molecule has 0 fully saturated rings. The average Bonchev–Trinajstić information content (AvgIpc) is 2.73. The summed E-state index contributed by atoms with van der Waals surface area (Å²) in [5.74, 6) is 1.81. The molecule has 3 heteroatoms. The topological polar surface area (TPSA) is 30.8 Å². The summed E-state index contributed by atoms with van der Waals surface area (Å²) < 4.78 is 11.3. The third-order valence-electron chi connectivity index (χ3n) is 4.66. The molecule has 152 valence electrons. The van der Waals surface area contributed by atoms with Crippen LogP contribution in [0.4, 0.5) is 5.69 Å². The van der Waals surface area contributed by atoms with Gasteiger partial charge in [-0.3, -0.25) is 4.99 Å². The Morgan fingerprint density at radius 2 is 1.25 bits per heavy atom. The molecule has 0 heterocycles. The van der Waals surface area contributed by atoms with Gasteiger partial charge in [0, 0.05) is 6.21 Å². The van der Waals surface area contributed by atoms with Gasteiger partial charge in [-0.15, -0.1) is 0 Å². The molecule has 0 unspecified atom stereocenters. The molecule has 0 spiro atoms. The van der Waals surface area contributed by atoms with Gasteiger partial charge in [-0.25, -0.2) is 0 Å². The molecule has 0 N–H and O–H groups in total. The van der Waals surface area contributed by atoms with Crippen LogP contribution < -0.4 is 9.47 Å². The molecule has 0 saturated heterocycles. The predicted molar refractivity (Wildman–Crippen MR) is 119 cm³/mol. The molecule has 0 radical (unpaired) electrons. The van der Waals surface area contributed by atoms with Crippen LogP contribution in [0.25, 0.3) is 0 Å². The van der Waals surface area contributed by atoms with E-state index in [1.807, 2.05) is 61.7 Å². The number of ether oxygens (including phenoxy) is 2. The van der Waals surface area contributed by atoms with Gasteiger partial charge < -0.3 is 9.47 Å². The van der Waals surface area contributed by atoms with Gasteiger partial charge in [-0.2, -0.15) is 0 Å². The van der Waals surface area contributed by atoms with E-state index < -0.39 is 0 Å². The van der Waals surface area contributed by atoms with Gasteiger partial charge >= 0.3 is 0 Å². The second kappa shape index (κ2) is 13.8. The van der Waals surface area contributed by atoms with Crippen molar-refractivity contribution in [3.63, 3.8) is 0 Å². The van der Waals surface area contributed by atoms with Gasteiger partial charge in [0.1, 0.15) is 11.5 Å². The third-order valence-corrected chi connectivity index (χ3v) is 4.66. The first-order valence-electron chi connectivity index (χ1n) is 10.8. The summed E-state index contributed by atoms with van der Waals surface area (Å²) in [5.41, 5.74) is 1.98. The molecular weight excluding hydrogens is 346 g/mol. The second-order valence-electron chi connectivity index (χ2n) is 7.08. The average molecular weight is 382 g/mol. The molecule has 2 aromatic carbocycles. The van der Waals surface area contributed by atoms with Crippen molar-refractivity contribution in [1.29, 1.82) is 0 Å². The Labute approximate surface area is 170 Å². The Morgan fingerprint density at radius 1 is 0.679 bits per heavy atom. The second-order valence-corrected chi connectivity index (χ2v) is 7.08. The summed E-state index contributed by atoms with van der Waals surface area (Å²) in [7, 11) is 0. The van der Waals surface area contributed by atoms with Crippen molar-refractivity contribution in [1.82, 2.24) is 0 Å². The van der Waals surface area contributed by atoms with Gasteiger partial charge in [-0.1, -0.05) is 51.9 Å². The highest BCUT2D eigenvalue weighted by atomic mass is 16.5. The lowest BCUT2D eigenvalue weighted by Gasteiger charge is -2.06. The number of aliphatic imine (C=N–C) groups is 1. The lowest BCUT2D eigenvalue weighted by Crippen LogP contribution is -1.97. The summed E-state index contributed by atoms with van der Waals surface area (Å²) in [5, 5.41) is 0. The maximum Gasteiger partial charge on any atom is 0.119 e. The van der Waals surface area contributed by atoms with Crippen molar-refractivity contribution in [3.05, 3.63) is 54.1 Å². The fraction of sp³-hybridized carbons (Fsp3) is 0.480. The Bertz CT molecular complexity index is 662. The smallest absolute Gasteiger partial charge is 0.119 e. The quantitative estimate of drug-likeness (QED) is 0.253. The fourth-order valence-corrected chi connectivity index (χ4v) is 3.02. The molecule has 0 amide bonds. The van der Waals surface area contributed by atoms with Crippen molar-refractivity contribution < 1.29 is 9.47 Å². The molecule has 3 nitrogen and oxygen atoms in total. The van der Waals surface area contributed by atoms with E-state index in [0.29, 0.717) is 6.61 Å². The number of unbranched alkanes of at least 4 members (excludes halogenated alkanes) is 7. The largest absolute Gasteiger partial charge is 0.494 e. The van der Waals surface area contributed by atoms with Gasteiger partial charge in [0.25, 0.3) is 0 Å². The maximum absolute atomic E-state index is 5.84. The highest BCUT2D eigenvalue weighted by Gasteiger charge is 1.97. The first-order valence-corrected chi connectivity index (χ1v) is 10.8. The summed E-state index contributed by atoms with van der Waals surface area (Å²) in [4.78, 5) is 4.52. The summed E-state index contributed by atoms with van der Waals surface area (Å²) in [6.45, 7) is 5.72. The monoisotopic (exact) mass is 381 g/mol. The Balaban J connectivity index is 1.64. The molecule has 0 aliphatic heterocycles. The zero-order valence-electron chi connectivity index (χ0n) is 17.5. The number of benzene rings is 2. The lowest BCUT2D eigenvalue weighted by atomic mass is 10.1. The van der Waals surface area contributed by atoms with Gasteiger partial charge in [0.05, 0.1) is 18.9 Å². The zero-order chi connectivity index (χ0) is 19.9. The molecule has 0 bridgehead atoms. The lowest BCUT2D eigenvalue weighted by molar-refractivity contribution is 0.304. The Hall–Kier alpha value is -2.29. The standard InChI is InChI=1S/C25H35NO2/c1-3-5-6-7-8-9-10-11-20-28-25-18-14-23(15-19-25)26-21-22-12-16-24(17-13-22)27-4-2/h12-19,21H,3-11,20H2,1-2H3. The number of hydrogen-bond donors (Lipinski definition) is 0. The molecule has 0 aromatic heterocycles. The highest BCUT2D eigenvalue weighted by Crippen LogP contribution is 2.19. The van der Waals surface area contributed by atoms with Crippen LogP contribution in [0.2, 0.25) is 0 Å². The molecular formula is C25H35NO2. The van der Waals surface area contributed by atoms with Crippen LogP contribution in [-0.4, -0.2) is 19.4 Å². The summed E-state index contributed by atoms with van der Waals surface area (Å²) in [6.07, 6.45) is 12.4. The Kier molecular flexibility index (Phi) is 10.9. The zero-order valence-corrected chi connectivity index (χ0v) is 17.5. The molecule has 2 aromatic rings. The van der Waals surface area contributed by atoms with Crippen molar-refractivity contribution >= 4 is 11.9 Å². The van der Waals surface area contributed by atoms with E-state index >= 15 is 0 Å². The van der Waals surface area contributed by atoms with Gasteiger partial charge in [0.15, 0.2) is 0 Å². The molecule has 0 saturated carbocycles. The number of rotatable bonds is 14. The van der Waals surface area contributed by atoms with E-state index in [2.05, 4.69) is 11.9 Å². The minimum Gasteiger partial charge on any atom is -0.494 e. The van der Waals surface area contributed by atoms with Gasteiger partial charge in [-0.05, 0) is 67.4 Å². The van der Waals surface area contributed by atoms with Crippen LogP contribution in [0.15, 0.2) is 53.5 Å². The van der Waals surface area contributed by atoms with Crippen molar-refractivity contribution in [2.24, 2.45) is 4.99 Å². The van der Waals surface area contributed by atoms with E-state index in [4.69, 9.17) is 9.47 Å².